The molecule has 0 spiro atoms. The predicted molar refractivity (Wildman–Crippen MR) is 60.5 cm³/mol. The Labute approximate surface area is 87.7 Å². The lowest BCUT2D eigenvalue weighted by Crippen LogP contribution is -2.17. The molecule has 0 aromatic rings. The van der Waals surface area contributed by atoms with E-state index in [9.17, 15) is 0 Å². The zero-order valence-electron chi connectivity index (χ0n) is 9.35. The molecule has 1 aliphatic rings. The summed E-state index contributed by atoms with van der Waals surface area (Å²) in [5.74, 6) is 0. The fourth-order valence-electron chi connectivity index (χ4n) is 1.27. The minimum Gasteiger partial charge on any atom is -0.381 e. The predicted octanol–water partition coefficient (Wildman–Crippen LogP) is 2.50. The third kappa shape index (κ3) is 7.10. The van der Waals surface area contributed by atoms with Gasteiger partial charge in [0.05, 0.1) is 6.61 Å². The van der Waals surface area contributed by atoms with Crippen LogP contribution in [0.1, 0.15) is 39.0 Å². The van der Waals surface area contributed by atoms with Crippen LogP contribution in [-0.4, -0.2) is 25.8 Å². The van der Waals surface area contributed by atoms with Gasteiger partial charge < -0.3 is 10.1 Å². The van der Waals surface area contributed by atoms with Gasteiger partial charge >= 0.3 is 0 Å². The summed E-state index contributed by atoms with van der Waals surface area (Å²) in [6.45, 7) is 8.79. The molecule has 0 bridgehead atoms. The maximum Gasteiger partial charge on any atom is 0.0502 e. The number of hydrogen-bond acceptors (Lipinski definition) is 2. The van der Waals surface area contributed by atoms with E-state index in [1.807, 2.05) is 6.92 Å². The van der Waals surface area contributed by atoms with Gasteiger partial charge in [-0.3, -0.25) is 0 Å². The van der Waals surface area contributed by atoms with E-state index in [0.29, 0.717) is 0 Å². The summed E-state index contributed by atoms with van der Waals surface area (Å²) in [6.07, 6.45) is 6.18. The molecule has 1 saturated carbocycles. The molecule has 0 aliphatic heterocycles. The Hall–Kier alpha value is -0.340. The van der Waals surface area contributed by atoms with Gasteiger partial charge in [0.15, 0.2) is 0 Å². The SMILES string of the molecule is C=C(C)CCOCCCCNC1CC1. The highest BCUT2D eigenvalue weighted by molar-refractivity contribution is 4.87. The lowest BCUT2D eigenvalue weighted by atomic mass is 10.2. The van der Waals surface area contributed by atoms with E-state index in [4.69, 9.17) is 4.74 Å². The number of unbranched alkanes of at least 4 members (excludes halogenated alkanes) is 1. The third-order valence-electron chi connectivity index (χ3n) is 2.40. The minimum atomic E-state index is 0.839. The van der Waals surface area contributed by atoms with Crippen LogP contribution in [-0.2, 0) is 4.74 Å². The van der Waals surface area contributed by atoms with E-state index in [2.05, 4.69) is 11.9 Å². The van der Waals surface area contributed by atoms with Crippen LogP contribution in [0.4, 0.5) is 0 Å². The fraction of sp³-hybridized carbons (Fsp3) is 0.833. The summed E-state index contributed by atoms with van der Waals surface area (Å²) in [7, 11) is 0. The molecule has 1 N–H and O–H groups in total. The van der Waals surface area contributed by atoms with Crippen molar-refractivity contribution in [1.29, 1.82) is 0 Å². The van der Waals surface area contributed by atoms with Gasteiger partial charge in [-0.25, -0.2) is 0 Å². The molecule has 1 fully saturated rings. The summed E-state index contributed by atoms with van der Waals surface area (Å²) in [5.41, 5.74) is 1.21. The molecule has 0 unspecified atom stereocenters. The quantitative estimate of drug-likeness (QED) is 0.453. The molecule has 82 valence electrons. The van der Waals surface area contributed by atoms with Gasteiger partial charge in [-0.15, -0.1) is 6.58 Å². The van der Waals surface area contributed by atoms with Gasteiger partial charge in [-0.05, 0) is 45.6 Å². The molecule has 0 aromatic carbocycles. The lowest BCUT2D eigenvalue weighted by Gasteiger charge is -2.04. The van der Waals surface area contributed by atoms with Crippen LogP contribution in [0.15, 0.2) is 12.2 Å². The van der Waals surface area contributed by atoms with Crippen molar-refractivity contribution >= 4 is 0 Å². The normalized spacial score (nSPS) is 15.8. The first-order valence-electron chi connectivity index (χ1n) is 5.74. The van der Waals surface area contributed by atoms with E-state index >= 15 is 0 Å². The number of hydrogen-bond donors (Lipinski definition) is 1. The maximum atomic E-state index is 5.48. The van der Waals surface area contributed by atoms with E-state index in [0.717, 1.165) is 32.2 Å². The second-order valence-corrected chi connectivity index (χ2v) is 4.25. The summed E-state index contributed by atoms with van der Waals surface area (Å²) in [5, 5.41) is 3.50. The molecule has 2 heteroatoms. The van der Waals surface area contributed by atoms with Crippen LogP contribution >= 0.6 is 0 Å². The van der Waals surface area contributed by atoms with Crippen molar-refractivity contribution in [1.82, 2.24) is 5.32 Å². The van der Waals surface area contributed by atoms with Crippen molar-refractivity contribution in [2.45, 2.75) is 45.1 Å². The van der Waals surface area contributed by atoms with Crippen LogP contribution in [0.2, 0.25) is 0 Å². The molecule has 2 nitrogen and oxygen atoms in total. The number of ether oxygens (including phenoxy) is 1. The standard InChI is InChI=1S/C12H23NO/c1-11(2)7-10-14-9-4-3-8-13-12-5-6-12/h12-13H,1,3-10H2,2H3. The average Bonchev–Trinajstić information content (AvgIpc) is 2.92. The Balaban J connectivity index is 1.68. The zero-order chi connectivity index (χ0) is 10.2. The molecule has 0 aromatic heterocycles. The highest BCUT2D eigenvalue weighted by Crippen LogP contribution is 2.18. The van der Waals surface area contributed by atoms with Gasteiger partial charge in [-0.1, -0.05) is 5.57 Å². The molecule has 0 atom stereocenters. The van der Waals surface area contributed by atoms with Crippen molar-refractivity contribution in [3.8, 4) is 0 Å². The number of rotatable bonds is 9. The van der Waals surface area contributed by atoms with Crippen LogP contribution in [0.25, 0.3) is 0 Å². The molecule has 1 aliphatic carbocycles. The van der Waals surface area contributed by atoms with Gasteiger partial charge in [0.1, 0.15) is 0 Å². The topological polar surface area (TPSA) is 21.3 Å². The van der Waals surface area contributed by atoms with E-state index in [1.54, 1.807) is 0 Å². The molecule has 0 saturated heterocycles. The first-order chi connectivity index (χ1) is 6.79. The summed E-state index contributed by atoms with van der Waals surface area (Å²) >= 11 is 0. The van der Waals surface area contributed by atoms with Crippen LogP contribution in [0.5, 0.6) is 0 Å². The Kier molecular flexibility index (Phi) is 5.88. The fourth-order valence-corrected chi connectivity index (χ4v) is 1.27. The molecule has 14 heavy (non-hydrogen) atoms. The Morgan fingerprint density at radius 1 is 1.36 bits per heavy atom. The van der Waals surface area contributed by atoms with E-state index in [1.165, 1.54) is 31.3 Å². The van der Waals surface area contributed by atoms with Crippen LogP contribution in [0.3, 0.4) is 0 Å². The Morgan fingerprint density at radius 2 is 2.14 bits per heavy atom. The van der Waals surface area contributed by atoms with Crippen LogP contribution in [0, 0.1) is 0 Å². The lowest BCUT2D eigenvalue weighted by molar-refractivity contribution is 0.133. The molecule has 1 rings (SSSR count). The number of nitrogens with one attached hydrogen (secondary N) is 1. The second-order valence-electron chi connectivity index (χ2n) is 4.25. The van der Waals surface area contributed by atoms with E-state index < -0.39 is 0 Å². The molecular weight excluding hydrogens is 174 g/mol. The smallest absolute Gasteiger partial charge is 0.0502 e. The largest absolute Gasteiger partial charge is 0.381 e. The van der Waals surface area contributed by atoms with Gasteiger partial charge in [-0.2, -0.15) is 0 Å². The first-order valence-corrected chi connectivity index (χ1v) is 5.74. The molecule has 0 amide bonds. The maximum absolute atomic E-state index is 5.48. The molecular formula is C12H23NO. The first kappa shape index (κ1) is 11.7. The van der Waals surface area contributed by atoms with Crippen LogP contribution < -0.4 is 5.32 Å². The minimum absolute atomic E-state index is 0.839. The molecule has 0 radical (unpaired) electrons. The van der Waals surface area contributed by atoms with Gasteiger partial charge in [0, 0.05) is 12.6 Å². The average molecular weight is 197 g/mol. The monoisotopic (exact) mass is 197 g/mol. The van der Waals surface area contributed by atoms with E-state index in [-0.39, 0.29) is 0 Å². The Morgan fingerprint density at radius 3 is 2.79 bits per heavy atom. The summed E-state index contributed by atoms with van der Waals surface area (Å²) in [6, 6.07) is 0.847. The van der Waals surface area contributed by atoms with Crippen molar-refractivity contribution in [2.75, 3.05) is 19.8 Å². The van der Waals surface area contributed by atoms with Gasteiger partial charge in [0.25, 0.3) is 0 Å². The van der Waals surface area contributed by atoms with Crippen molar-refractivity contribution in [3.63, 3.8) is 0 Å². The highest BCUT2D eigenvalue weighted by atomic mass is 16.5. The zero-order valence-corrected chi connectivity index (χ0v) is 9.35. The Bertz CT molecular complexity index is 164. The van der Waals surface area contributed by atoms with Gasteiger partial charge in [0.2, 0.25) is 0 Å². The van der Waals surface area contributed by atoms with Crippen molar-refractivity contribution in [3.05, 3.63) is 12.2 Å². The summed E-state index contributed by atoms with van der Waals surface area (Å²) < 4.78 is 5.48. The molecule has 0 heterocycles. The second kappa shape index (κ2) is 7.02. The van der Waals surface area contributed by atoms with Crippen molar-refractivity contribution < 1.29 is 4.74 Å². The highest BCUT2D eigenvalue weighted by Gasteiger charge is 2.19. The van der Waals surface area contributed by atoms with Crippen molar-refractivity contribution in [2.24, 2.45) is 0 Å². The third-order valence-corrected chi connectivity index (χ3v) is 2.40. The summed E-state index contributed by atoms with van der Waals surface area (Å²) in [4.78, 5) is 0.